The smallest absolute Gasteiger partial charge is 0.0986 e. The summed E-state index contributed by atoms with van der Waals surface area (Å²) in [5.74, 6) is 0. The van der Waals surface area contributed by atoms with Gasteiger partial charge in [0.05, 0.1) is 16.7 Å². The second kappa shape index (κ2) is 4.98. The lowest BCUT2D eigenvalue weighted by atomic mass is 10.0. The first-order valence-electron chi connectivity index (χ1n) is 6.94. The topological polar surface area (TPSA) is 24.1 Å². The van der Waals surface area contributed by atoms with Crippen molar-refractivity contribution < 1.29 is 0 Å². The molecule has 2 N–H and O–H groups in total. The number of hydrogen-bond acceptors (Lipinski definition) is 2. The van der Waals surface area contributed by atoms with Crippen molar-refractivity contribution in [3.63, 3.8) is 0 Å². The van der Waals surface area contributed by atoms with Gasteiger partial charge in [0, 0.05) is 0 Å². The molecule has 1 aromatic carbocycles. The van der Waals surface area contributed by atoms with Gasteiger partial charge in [-0.2, -0.15) is 0 Å². The van der Waals surface area contributed by atoms with E-state index in [1.54, 1.807) is 0 Å². The van der Waals surface area contributed by atoms with Gasteiger partial charge in [-0.3, -0.25) is 5.32 Å². The quantitative estimate of drug-likeness (QED) is 0.758. The predicted octanol–water partition coefficient (Wildman–Crippen LogP) is 3.30. The average Bonchev–Trinajstić information content (AvgIpc) is 2.58. The monoisotopic (exact) mass is 260 g/mol. The molecule has 2 aliphatic rings. The van der Waals surface area contributed by atoms with Gasteiger partial charge in [-0.15, -0.1) is 0 Å². The standard InChI is InChI=1S/C15H20N2S/c18-14-13(12-8-4-3-5-9-12)16-15(17-14)10-6-1-2-7-11-15/h3-5,8-9,13,16H,1-2,6-7,10-11H2,(H,17,18). The van der Waals surface area contributed by atoms with Gasteiger partial charge in [0.15, 0.2) is 0 Å². The van der Waals surface area contributed by atoms with Crippen LogP contribution in [0.25, 0.3) is 0 Å². The van der Waals surface area contributed by atoms with Crippen molar-refractivity contribution in [2.75, 3.05) is 0 Å². The van der Waals surface area contributed by atoms with E-state index < -0.39 is 0 Å². The first-order valence-corrected chi connectivity index (χ1v) is 7.35. The van der Waals surface area contributed by atoms with Crippen LogP contribution in [0.2, 0.25) is 0 Å². The van der Waals surface area contributed by atoms with Gasteiger partial charge < -0.3 is 5.32 Å². The number of rotatable bonds is 1. The lowest BCUT2D eigenvalue weighted by Gasteiger charge is -2.29. The molecule has 2 fully saturated rings. The summed E-state index contributed by atoms with van der Waals surface area (Å²) in [6.45, 7) is 0. The minimum absolute atomic E-state index is 0.0636. The van der Waals surface area contributed by atoms with Crippen molar-refractivity contribution >= 4 is 17.2 Å². The van der Waals surface area contributed by atoms with Crippen molar-refractivity contribution in [1.82, 2.24) is 10.6 Å². The van der Waals surface area contributed by atoms with Crippen molar-refractivity contribution in [3.8, 4) is 0 Å². The summed E-state index contributed by atoms with van der Waals surface area (Å²) in [4.78, 5) is 0.961. The Morgan fingerprint density at radius 3 is 2.33 bits per heavy atom. The van der Waals surface area contributed by atoms with E-state index in [1.165, 1.54) is 44.1 Å². The molecule has 1 saturated heterocycles. The molecule has 2 nitrogen and oxygen atoms in total. The van der Waals surface area contributed by atoms with Gasteiger partial charge in [-0.05, 0) is 31.2 Å². The van der Waals surface area contributed by atoms with E-state index in [9.17, 15) is 0 Å². The normalized spacial score (nSPS) is 26.9. The minimum atomic E-state index is 0.0636. The second-order valence-corrected chi connectivity index (χ2v) is 5.91. The van der Waals surface area contributed by atoms with E-state index in [4.69, 9.17) is 12.2 Å². The molecule has 1 aliphatic heterocycles. The van der Waals surface area contributed by atoms with Crippen LogP contribution in [0.5, 0.6) is 0 Å². The summed E-state index contributed by atoms with van der Waals surface area (Å²) in [5, 5.41) is 7.34. The van der Waals surface area contributed by atoms with Gasteiger partial charge in [0.2, 0.25) is 0 Å². The molecule has 3 rings (SSSR count). The van der Waals surface area contributed by atoms with Gasteiger partial charge >= 0.3 is 0 Å². The Kier molecular flexibility index (Phi) is 3.35. The molecule has 96 valence electrons. The lowest BCUT2D eigenvalue weighted by molar-refractivity contribution is 0.286. The number of nitrogens with one attached hydrogen (secondary N) is 2. The molecule has 18 heavy (non-hydrogen) atoms. The van der Waals surface area contributed by atoms with Gasteiger partial charge in [-0.1, -0.05) is 55.4 Å². The molecular formula is C15H20N2S. The Balaban J connectivity index is 1.81. The Morgan fingerprint density at radius 2 is 1.67 bits per heavy atom. The van der Waals surface area contributed by atoms with Crippen molar-refractivity contribution in [2.24, 2.45) is 0 Å². The summed E-state index contributed by atoms with van der Waals surface area (Å²) in [5.41, 5.74) is 1.34. The highest BCUT2D eigenvalue weighted by Gasteiger charge is 2.41. The van der Waals surface area contributed by atoms with Crippen molar-refractivity contribution in [1.29, 1.82) is 0 Å². The highest BCUT2D eigenvalue weighted by molar-refractivity contribution is 7.80. The maximum absolute atomic E-state index is 5.55. The summed E-state index contributed by atoms with van der Waals surface area (Å²) >= 11 is 5.55. The molecule has 1 heterocycles. The molecule has 1 aromatic rings. The highest BCUT2D eigenvalue weighted by Crippen LogP contribution is 2.33. The third kappa shape index (κ3) is 2.29. The second-order valence-electron chi connectivity index (χ2n) is 5.47. The molecule has 3 heteroatoms. The molecule has 1 saturated carbocycles. The predicted molar refractivity (Wildman–Crippen MR) is 78.5 cm³/mol. The molecule has 1 aliphatic carbocycles. The molecule has 0 aromatic heterocycles. The van der Waals surface area contributed by atoms with Crippen LogP contribution >= 0.6 is 12.2 Å². The molecule has 1 spiro atoms. The van der Waals surface area contributed by atoms with Gasteiger partial charge in [-0.25, -0.2) is 0 Å². The molecule has 0 amide bonds. The molecule has 1 atom stereocenters. The van der Waals surface area contributed by atoms with Gasteiger partial charge in [0.25, 0.3) is 0 Å². The SMILES string of the molecule is S=C1NC2(CCCCCC2)NC1c1ccccc1. The largest absolute Gasteiger partial charge is 0.360 e. The summed E-state index contributed by atoms with van der Waals surface area (Å²) in [6, 6.07) is 10.7. The fourth-order valence-electron chi connectivity index (χ4n) is 3.17. The first-order chi connectivity index (χ1) is 8.79. The maximum Gasteiger partial charge on any atom is 0.0986 e. The summed E-state index contributed by atoms with van der Waals surface area (Å²) in [6.07, 6.45) is 7.68. The Labute approximate surface area is 114 Å². The Morgan fingerprint density at radius 1 is 1.00 bits per heavy atom. The maximum atomic E-state index is 5.55. The van der Waals surface area contributed by atoms with Crippen molar-refractivity contribution in [3.05, 3.63) is 35.9 Å². The van der Waals surface area contributed by atoms with E-state index in [0.717, 1.165) is 4.99 Å². The molecule has 0 radical (unpaired) electrons. The fourth-order valence-corrected chi connectivity index (χ4v) is 3.56. The fraction of sp³-hybridized carbons (Fsp3) is 0.533. The first kappa shape index (κ1) is 12.1. The van der Waals surface area contributed by atoms with Gasteiger partial charge in [0.1, 0.15) is 0 Å². The van der Waals surface area contributed by atoms with Crippen LogP contribution in [0.4, 0.5) is 0 Å². The summed E-state index contributed by atoms with van der Waals surface area (Å²) in [7, 11) is 0. The van der Waals surface area contributed by atoms with Crippen LogP contribution < -0.4 is 10.6 Å². The summed E-state index contributed by atoms with van der Waals surface area (Å²) < 4.78 is 0. The van der Waals surface area contributed by atoms with Crippen LogP contribution in [-0.4, -0.2) is 10.7 Å². The molecular weight excluding hydrogens is 240 g/mol. The van der Waals surface area contributed by atoms with Crippen molar-refractivity contribution in [2.45, 2.75) is 50.2 Å². The third-order valence-corrected chi connectivity index (χ3v) is 4.47. The van der Waals surface area contributed by atoms with E-state index in [-0.39, 0.29) is 11.7 Å². The molecule has 0 bridgehead atoms. The number of benzene rings is 1. The lowest BCUT2D eigenvalue weighted by Crippen LogP contribution is -2.49. The molecule has 1 unspecified atom stereocenters. The van der Waals surface area contributed by atoms with Crippen LogP contribution in [0.3, 0.4) is 0 Å². The number of thiocarbonyl (C=S) groups is 1. The van der Waals surface area contributed by atoms with E-state index in [0.29, 0.717) is 0 Å². The Bertz CT molecular complexity index is 421. The van der Waals surface area contributed by atoms with E-state index >= 15 is 0 Å². The Hall–Kier alpha value is -0.930. The minimum Gasteiger partial charge on any atom is -0.360 e. The van der Waals surface area contributed by atoms with Crippen LogP contribution in [0.15, 0.2) is 30.3 Å². The van der Waals surface area contributed by atoms with E-state index in [2.05, 4.69) is 41.0 Å². The van der Waals surface area contributed by atoms with Crippen LogP contribution in [0, 0.1) is 0 Å². The van der Waals surface area contributed by atoms with Crippen LogP contribution in [-0.2, 0) is 0 Å². The highest BCUT2D eigenvalue weighted by atomic mass is 32.1. The van der Waals surface area contributed by atoms with Crippen LogP contribution in [0.1, 0.15) is 50.1 Å². The zero-order valence-electron chi connectivity index (χ0n) is 10.6. The number of hydrogen-bond donors (Lipinski definition) is 2. The van der Waals surface area contributed by atoms with E-state index in [1.807, 2.05) is 0 Å². The zero-order valence-corrected chi connectivity index (χ0v) is 11.4. The average molecular weight is 260 g/mol. The third-order valence-electron chi connectivity index (χ3n) is 4.14. The zero-order chi connectivity index (χ0) is 12.4.